The highest BCUT2D eigenvalue weighted by molar-refractivity contribution is 6.25. The summed E-state index contributed by atoms with van der Waals surface area (Å²) in [5, 5.41) is 0. The van der Waals surface area contributed by atoms with Gasteiger partial charge in [0.15, 0.2) is 11.6 Å². The molecule has 0 saturated heterocycles. The van der Waals surface area contributed by atoms with Crippen molar-refractivity contribution in [2.75, 3.05) is 0 Å². The van der Waals surface area contributed by atoms with Gasteiger partial charge in [0.2, 0.25) is 0 Å². The number of ether oxygens (including phenoxy) is 1. The third-order valence-corrected chi connectivity index (χ3v) is 5.26. The summed E-state index contributed by atoms with van der Waals surface area (Å²) in [6.07, 6.45) is 0. The quantitative estimate of drug-likeness (QED) is 0.330. The van der Waals surface area contributed by atoms with Crippen LogP contribution in [0.15, 0.2) is 34.4 Å². The van der Waals surface area contributed by atoms with Crippen molar-refractivity contribution in [1.29, 1.82) is 0 Å². The Balaban J connectivity index is 0.000000300. The minimum absolute atomic E-state index is 0.0111. The Morgan fingerprint density at radius 1 is 0.867 bits per heavy atom. The molecule has 0 radical (unpaired) electrons. The predicted molar refractivity (Wildman–Crippen MR) is 122 cm³/mol. The molecular weight excluding hydrogens is 376 g/mol. The normalized spacial score (nSPS) is 14.8. The van der Waals surface area contributed by atoms with Gasteiger partial charge in [-0.1, -0.05) is 40.7 Å². The van der Waals surface area contributed by atoms with Crippen molar-refractivity contribution in [1.82, 2.24) is 0 Å². The van der Waals surface area contributed by atoms with Crippen LogP contribution in [0.1, 0.15) is 84.9 Å². The van der Waals surface area contributed by atoms with E-state index in [1.807, 2.05) is 33.8 Å². The molecule has 0 aliphatic heterocycles. The van der Waals surface area contributed by atoms with Crippen molar-refractivity contribution in [3.05, 3.63) is 51.1 Å². The Morgan fingerprint density at radius 2 is 1.37 bits per heavy atom. The van der Waals surface area contributed by atoms with Gasteiger partial charge in [0.25, 0.3) is 0 Å². The number of Topliss-reactive ketones (excluding diaryl/α,β-unsaturated/α-hetero) is 2. The first-order chi connectivity index (χ1) is 13.6. The van der Waals surface area contributed by atoms with Gasteiger partial charge in [-0.25, -0.2) is 0 Å². The second kappa shape index (κ2) is 9.55. The van der Waals surface area contributed by atoms with Gasteiger partial charge in [-0.15, -0.1) is 0 Å². The van der Waals surface area contributed by atoms with E-state index >= 15 is 0 Å². The third-order valence-electron chi connectivity index (χ3n) is 5.26. The zero-order valence-corrected chi connectivity index (χ0v) is 20.4. The lowest BCUT2D eigenvalue weighted by Crippen LogP contribution is -2.28. The van der Waals surface area contributed by atoms with E-state index in [-0.39, 0.29) is 23.0 Å². The topological polar surface area (TPSA) is 60.4 Å². The maximum atomic E-state index is 12.1. The van der Waals surface area contributed by atoms with Crippen LogP contribution in [-0.4, -0.2) is 17.5 Å². The van der Waals surface area contributed by atoms with Crippen molar-refractivity contribution >= 4 is 17.5 Å². The van der Waals surface area contributed by atoms with Crippen LogP contribution < -0.4 is 4.74 Å². The summed E-state index contributed by atoms with van der Waals surface area (Å²) in [5.74, 6) is 0.839. The Hall–Kier alpha value is -2.49. The van der Waals surface area contributed by atoms with Gasteiger partial charge < -0.3 is 4.74 Å². The van der Waals surface area contributed by atoms with E-state index in [0.717, 1.165) is 11.1 Å². The smallest absolute Gasteiger partial charge is 0.308 e. The van der Waals surface area contributed by atoms with Crippen LogP contribution in [0.4, 0.5) is 0 Å². The van der Waals surface area contributed by atoms with E-state index in [0.29, 0.717) is 34.0 Å². The Kier molecular flexibility index (Phi) is 8.13. The van der Waals surface area contributed by atoms with Crippen molar-refractivity contribution in [2.45, 2.75) is 82.1 Å². The molecule has 0 N–H and O–H groups in total. The number of hydrogen-bond donors (Lipinski definition) is 0. The first-order valence-electron chi connectivity index (χ1n) is 10.4. The zero-order valence-electron chi connectivity index (χ0n) is 20.4. The fraction of sp³-hybridized carbons (Fsp3) is 0.500. The molecule has 1 aromatic rings. The fourth-order valence-corrected chi connectivity index (χ4v) is 3.92. The number of esters is 1. The van der Waals surface area contributed by atoms with Crippen LogP contribution >= 0.6 is 0 Å². The molecule has 0 saturated carbocycles. The first-order valence-corrected chi connectivity index (χ1v) is 10.4. The molecule has 1 aliphatic rings. The number of benzene rings is 1. The molecule has 4 nitrogen and oxygen atoms in total. The van der Waals surface area contributed by atoms with Gasteiger partial charge in [0.05, 0.1) is 0 Å². The van der Waals surface area contributed by atoms with Gasteiger partial charge in [0.1, 0.15) is 5.75 Å². The molecule has 164 valence electrons. The molecule has 0 atom stereocenters. The monoisotopic (exact) mass is 412 g/mol. The van der Waals surface area contributed by atoms with E-state index in [2.05, 4.69) is 26.8 Å². The van der Waals surface area contributed by atoms with E-state index in [1.54, 1.807) is 20.8 Å². The maximum Gasteiger partial charge on any atom is 0.308 e. The number of allylic oxidation sites excluding steroid dienone is 4. The summed E-state index contributed by atoms with van der Waals surface area (Å²) in [5.41, 5.74) is 5.61. The van der Waals surface area contributed by atoms with Crippen LogP contribution in [0, 0.1) is 19.3 Å². The van der Waals surface area contributed by atoms with Gasteiger partial charge >= 0.3 is 5.97 Å². The number of ketones is 2. The zero-order chi connectivity index (χ0) is 23.5. The second-order valence-corrected chi connectivity index (χ2v) is 9.40. The van der Waals surface area contributed by atoms with Gasteiger partial charge in [-0.05, 0) is 63.1 Å². The highest BCUT2D eigenvalue weighted by Gasteiger charge is 2.34. The number of carbonyl (C=O) groups is 3. The molecule has 1 aliphatic carbocycles. The molecule has 0 unspecified atom stereocenters. The van der Waals surface area contributed by atoms with Crippen molar-refractivity contribution < 1.29 is 19.1 Å². The number of rotatable bonds is 2. The average molecular weight is 413 g/mol. The molecule has 0 bridgehead atoms. The minimum atomic E-state index is -0.265. The lowest BCUT2D eigenvalue weighted by Gasteiger charge is -2.28. The largest absolute Gasteiger partial charge is 0.426 e. The van der Waals surface area contributed by atoms with Crippen LogP contribution in [-0.2, 0) is 14.4 Å². The summed E-state index contributed by atoms with van der Waals surface area (Å²) in [4.78, 5) is 34.9. The summed E-state index contributed by atoms with van der Waals surface area (Å²) in [7, 11) is 0. The predicted octanol–water partition coefficient (Wildman–Crippen LogP) is 6.19. The van der Waals surface area contributed by atoms with Gasteiger partial charge in [-0.2, -0.15) is 0 Å². The fourth-order valence-electron chi connectivity index (χ4n) is 3.92. The first kappa shape index (κ1) is 25.5. The highest BCUT2D eigenvalue weighted by atomic mass is 16.5. The Morgan fingerprint density at radius 3 is 1.80 bits per heavy atom. The van der Waals surface area contributed by atoms with Gasteiger partial charge in [-0.3, -0.25) is 14.4 Å². The molecule has 0 aromatic heterocycles. The molecule has 4 heteroatoms. The lowest BCUT2D eigenvalue weighted by molar-refractivity contribution is -0.132. The molecule has 30 heavy (non-hydrogen) atoms. The number of hydrogen-bond acceptors (Lipinski definition) is 4. The standard InChI is InChI=1S/2C13H18O2/c1-8(2)13-10(4)6-9(3)7-12(13)15-11(5)14;1-7-8(2)12(15)10(13(4,5)6)9(3)11(7)14/h6-8H,1-5H3;1-6H3. The van der Waals surface area contributed by atoms with Crippen LogP contribution in [0.25, 0.3) is 0 Å². The molecule has 0 heterocycles. The molecule has 2 rings (SSSR count). The minimum Gasteiger partial charge on any atom is -0.426 e. The average Bonchev–Trinajstić information content (AvgIpc) is 2.56. The molecule has 0 amide bonds. The summed E-state index contributed by atoms with van der Waals surface area (Å²) in [6.45, 7) is 20.8. The van der Waals surface area contributed by atoms with Gasteiger partial charge in [0, 0.05) is 34.8 Å². The van der Waals surface area contributed by atoms with Crippen LogP contribution in [0.5, 0.6) is 5.75 Å². The summed E-state index contributed by atoms with van der Waals surface area (Å²) < 4.78 is 5.23. The van der Waals surface area contributed by atoms with Crippen LogP contribution in [0.3, 0.4) is 0 Å². The SMILES string of the molecule is CC(=O)Oc1cc(C)cc(C)c1C(C)C.CC1=C(C)C(=O)C(C(C)(C)C)=C(C)C1=O. The van der Waals surface area contributed by atoms with Crippen molar-refractivity contribution in [3.63, 3.8) is 0 Å². The van der Waals surface area contributed by atoms with Crippen molar-refractivity contribution in [3.8, 4) is 5.75 Å². The van der Waals surface area contributed by atoms with E-state index < -0.39 is 0 Å². The Labute approximate surface area is 181 Å². The molecular formula is C26H36O4. The lowest BCUT2D eigenvalue weighted by atomic mass is 9.74. The van der Waals surface area contributed by atoms with Crippen molar-refractivity contribution in [2.24, 2.45) is 5.41 Å². The molecule has 0 spiro atoms. The molecule has 0 fully saturated rings. The Bertz CT molecular complexity index is 935. The van der Waals surface area contributed by atoms with E-state index in [1.165, 1.54) is 12.5 Å². The summed E-state index contributed by atoms with van der Waals surface area (Å²) in [6, 6.07) is 4.03. The molecule has 1 aromatic carbocycles. The maximum absolute atomic E-state index is 12.1. The number of aryl methyl sites for hydroxylation is 2. The number of carbonyl (C=O) groups excluding carboxylic acids is 3. The highest BCUT2D eigenvalue weighted by Crippen LogP contribution is 2.35. The van der Waals surface area contributed by atoms with E-state index in [9.17, 15) is 14.4 Å². The second-order valence-electron chi connectivity index (χ2n) is 9.40. The third kappa shape index (κ3) is 5.78. The summed E-state index contributed by atoms with van der Waals surface area (Å²) >= 11 is 0. The van der Waals surface area contributed by atoms with E-state index in [4.69, 9.17) is 4.74 Å². The van der Waals surface area contributed by atoms with Crippen LogP contribution in [0.2, 0.25) is 0 Å².